The molecule has 0 saturated carbocycles. The van der Waals surface area contributed by atoms with E-state index in [4.69, 9.17) is 14.2 Å². The number of nitrogens with one attached hydrogen (secondary N) is 2. The first-order chi connectivity index (χ1) is 17.7. The number of sulfonamides is 1. The van der Waals surface area contributed by atoms with Crippen LogP contribution < -0.4 is 14.8 Å². The van der Waals surface area contributed by atoms with Crippen LogP contribution >= 0.6 is 0 Å². The zero-order valence-corrected chi connectivity index (χ0v) is 22.0. The summed E-state index contributed by atoms with van der Waals surface area (Å²) in [4.78, 5) is 12.7. The van der Waals surface area contributed by atoms with Crippen molar-refractivity contribution in [2.45, 2.75) is 25.0 Å². The Morgan fingerprint density at radius 3 is 2.46 bits per heavy atom. The summed E-state index contributed by atoms with van der Waals surface area (Å²) in [5.41, 5.74) is 1.21. The lowest BCUT2D eigenvalue weighted by Crippen LogP contribution is -2.33. The summed E-state index contributed by atoms with van der Waals surface area (Å²) in [6.45, 7) is 3.52. The topological polar surface area (TPSA) is 173 Å². The number of aromatic nitrogens is 7. The number of aliphatic imine (C=N–C) groups is 1. The van der Waals surface area contributed by atoms with Crippen LogP contribution in [0.4, 0.5) is 5.95 Å². The lowest BCUT2D eigenvalue weighted by Gasteiger charge is -2.23. The number of ether oxygens (including phenoxy) is 3. The summed E-state index contributed by atoms with van der Waals surface area (Å²) >= 11 is 0. The molecule has 0 aromatic carbocycles. The smallest absolute Gasteiger partial charge is 0.243 e. The van der Waals surface area contributed by atoms with Crippen molar-refractivity contribution in [1.82, 2.24) is 39.8 Å². The van der Waals surface area contributed by atoms with Gasteiger partial charge in [-0.05, 0) is 13.0 Å². The van der Waals surface area contributed by atoms with E-state index in [1.54, 1.807) is 37.8 Å². The van der Waals surface area contributed by atoms with E-state index in [-0.39, 0.29) is 30.0 Å². The minimum atomic E-state index is -4.01. The van der Waals surface area contributed by atoms with Gasteiger partial charge in [0, 0.05) is 19.2 Å². The Labute approximate surface area is 213 Å². The van der Waals surface area contributed by atoms with Crippen molar-refractivity contribution < 1.29 is 22.6 Å². The lowest BCUT2D eigenvalue weighted by molar-refractivity contribution is 0.259. The summed E-state index contributed by atoms with van der Waals surface area (Å²) in [5.74, 6) is 0.459. The highest BCUT2D eigenvalue weighted by atomic mass is 32.2. The molecule has 0 bridgehead atoms. The highest BCUT2D eigenvalue weighted by Crippen LogP contribution is 2.30. The van der Waals surface area contributed by atoms with Gasteiger partial charge < -0.3 is 19.5 Å². The Hall–Kier alpha value is -4.21. The second-order valence-electron chi connectivity index (χ2n) is 8.07. The highest BCUT2D eigenvalue weighted by Gasteiger charge is 2.34. The number of hydrogen-bond acceptors (Lipinski definition) is 12. The number of nitrogens with zero attached hydrogens (tertiary/aromatic N) is 8. The molecule has 3 aromatic rings. The van der Waals surface area contributed by atoms with Crippen LogP contribution in [0.1, 0.15) is 25.5 Å². The monoisotopic (exact) mass is 532 g/mol. The molecule has 0 saturated heterocycles. The molecule has 0 unspecified atom stereocenters. The summed E-state index contributed by atoms with van der Waals surface area (Å²) in [6.07, 6.45) is 4.66. The normalized spacial score (nSPS) is 15.5. The third kappa shape index (κ3) is 5.04. The summed E-state index contributed by atoms with van der Waals surface area (Å²) in [7, 11) is 2.14. The van der Waals surface area contributed by atoms with E-state index < -0.39 is 21.2 Å². The fourth-order valence-corrected chi connectivity index (χ4v) is 4.87. The van der Waals surface area contributed by atoms with Gasteiger partial charge in [0.25, 0.3) is 0 Å². The van der Waals surface area contributed by atoms with E-state index in [2.05, 4.69) is 40.3 Å². The SMILES string of the molecule is COC1=NCNC(OC)=C1n1c(NS(=O)(=O)[C@@H](C)[C@H](C)c2cnc(OC)cn2)nnc1-c1ccn(C)n1. The van der Waals surface area contributed by atoms with Crippen LogP contribution in [0.5, 0.6) is 5.88 Å². The second-order valence-corrected chi connectivity index (χ2v) is 10.1. The van der Waals surface area contributed by atoms with Crippen LogP contribution in [0.3, 0.4) is 0 Å². The zero-order chi connectivity index (χ0) is 26.7. The molecule has 198 valence electrons. The molecule has 0 spiro atoms. The average molecular weight is 533 g/mol. The Morgan fingerprint density at radius 1 is 1.08 bits per heavy atom. The molecule has 0 fully saturated rings. The molecule has 3 aromatic heterocycles. The molecule has 2 N–H and O–H groups in total. The third-order valence-electron chi connectivity index (χ3n) is 5.86. The number of methoxy groups -OCH3 is 3. The van der Waals surface area contributed by atoms with Crippen LogP contribution in [0, 0.1) is 0 Å². The van der Waals surface area contributed by atoms with Gasteiger partial charge in [-0.1, -0.05) is 6.92 Å². The Balaban J connectivity index is 1.77. The standard InChI is InChI=1S/C21H28N10O5S/c1-12(15-9-23-16(34-4)10-22-15)13(2)37(32,33)29-21-27-26-18(14-7-8-30(3)28-14)31(21)17-19(35-5)24-11-25-20(17)36-6/h7-10,12-13,24H,11H2,1-6H3,(H,27,29)/t12-,13-/m0/s1. The van der Waals surface area contributed by atoms with Crippen molar-refractivity contribution in [3.63, 3.8) is 0 Å². The molecule has 37 heavy (non-hydrogen) atoms. The zero-order valence-electron chi connectivity index (χ0n) is 21.2. The van der Waals surface area contributed by atoms with Gasteiger partial charge in [-0.15, -0.1) is 10.2 Å². The molecule has 1 aliphatic heterocycles. The largest absolute Gasteiger partial charge is 0.481 e. The molecule has 2 atom stereocenters. The first-order valence-electron chi connectivity index (χ1n) is 11.1. The number of hydrogen-bond donors (Lipinski definition) is 2. The highest BCUT2D eigenvalue weighted by molar-refractivity contribution is 7.93. The van der Waals surface area contributed by atoms with E-state index in [9.17, 15) is 8.42 Å². The fourth-order valence-electron chi connectivity index (χ4n) is 3.62. The molecule has 0 radical (unpaired) electrons. The van der Waals surface area contributed by atoms with Crippen molar-refractivity contribution in [2.75, 3.05) is 32.7 Å². The minimum absolute atomic E-state index is 0.0986. The van der Waals surface area contributed by atoms with E-state index in [0.717, 1.165) is 0 Å². The molecule has 16 heteroatoms. The Bertz CT molecular complexity index is 1430. The molecule has 1 aliphatic rings. The predicted octanol–water partition coefficient (Wildman–Crippen LogP) is 0.789. The van der Waals surface area contributed by atoms with E-state index in [0.29, 0.717) is 23.2 Å². The van der Waals surface area contributed by atoms with Crippen molar-refractivity contribution in [1.29, 1.82) is 0 Å². The van der Waals surface area contributed by atoms with Crippen molar-refractivity contribution in [3.8, 4) is 17.4 Å². The van der Waals surface area contributed by atoms with Gasteiger partial charge in [0.05, 0.1) is 44.7 Å². The molecular formula is C21H28N10O5S. The van der Waals surface area contributed by atoms with Crippen molar-refractivity contribution >= 4 is 27.6 Å². The maximum absolute atomic E-state index is 13.5. The van der Waals surface area contributed by atoms with Gasteiger partial charge in [0.2, 0.25) is 33.6 Å². The molecule has 4 rings (SSSR count). The van der Waals surface area contributed by atoms with Crippen LogP contribution in [0.25, 0.3) is 17.2 Å². The van der Waals surface area contributed by atoms with E-state index >= 15 is 0 Å². The summed E-state index contributed by atoms with van der Waals surface area (Å²) < 4.78 is 48.6. The van der Waals surface area contributed by atoms with Crippen LogP contribution in [0.2, 0.25) is 0 Å². The molecule has 15 nitrogen and oxygen atoms in total. The van der Waals surface area contributed by atoms with Gasteiger partial charge in [0.15, 0.2) is 11.5 Å². The van der Waals surface area contributed by atoms with Crippen LogP contribution in [-0.2, 0) is 26.5 Å². The summed E-state index contributed by atoms with van der Waals surface area (Å²) in [6, 6.07) is 1.72. The number of aryl methyl sites for hydroxylation is 1. The maximum atomic E-state index is 13.5. The van der Waals surface area contributed by atoms with E-state index in [1.807, 2.05) is 0 Å². The predicted molar refractivity (Wildman–Crippen MR) is 134 cm³/mol. The maximum Gasteiger partial charge on any atom is 0.243 e. The van der Waals surface area contributed by atoms with Crippen molar-refractivity contribution in [3.05, 3.63) is 36.2 Å². The van der Waals surface area contributed by atoms with Crippen LogP contribution in [0.15, 0.2) is 35.5 Å². The molecule has 4 heterocycles. The van der Waals surface area contributed by atoms with Gasteiger partial charge >= 0.3 is 0 Å². The Morgan fingerprint density at radius 2 is 1.86 bits per heavy atom. The van der Waals surface area contributed by atoms with Crippen LogP contribution in [-0.4, -0.2) is 82.1 Å². The molecule has 0 amide bonds. The third-order valence-corrected chi connectivity index (χ3v) is 7.71. The number of rotatable bonds is 9. The summed E-state index contributed by atoms with van der Waals surface area (Å²) in [5, 5.41) is 14.8. The lowest BCUT2D eigenvalue weighted by atomic mass is 10.1. The quantitative estimate of drug-likeness (QED) is 0.399. The first kappa shape index (κ1) is 25.9. The number of anilines is 1. The van der Waals surface area contributed by atoms with Gasteiger partial charge in [-0.25, -0.2) is 23.0 Å². The second kappa shape index (κ2) is 10.4. The average Bonchev–Trinajstić information content (AvgIpc) is 3.52. The van der Waals surface area contributed by atoms with Gasteiger partial charge in [-0.3, -0.25) is 14.4 Å². The first-order valence-corrected chi connectivity index (χ1v) is 12.7. The van der Waals surface area contributed by atoms with Gasteiger partial charge in [0.1, 0.15) is 12.4 Å². The minimum Gasteiger partial charge on any atom is -0.481 e. The molecular weight excluding hydrogens is 504 g/mol. The fraction of sp³-hybridized carbons (Fsp3) is 0.429. The molecule has 0 aliphatic carbocycles. The Kier molecular flexibility index (Phi) is 7.28. The van der Waals surface area contributed by atoms with Crippen molar-refractivity contribution in [2.24, 2.45) is 12.0 Å². The van der Waals surface area contributed by atoms with E-state index in [1.165, 1.54) is 38.3 Å². The van der Waals surface area contributed by atoms with Gasteiger partial charge in [-0.2, -0.15) is 5.10 Å².